The van der Waals surface area contributed by atoms with Gasteiger partial charge in [-0.3, -0.25) is 19.7 Å². The molecule has 9 nitrogen and oxygen atoms in total. The lowest BCUT2D eigenvalue weighted by atomic mass is 10.0. The molecule has 2 N–H and O–H groups in total. The minimum absolute atomic E-state index is 0.0269. The maximum atomic E-state index is 12.7. The average molecular weight is 572 g/mol. The van der Waals surface area contributed by atoms with E-state index in [9.17, 15) is 29.6 Å². The van der Waals surface area contributed by atoms with Crippen molar-refractivity contribution in [3.63, 3.8) is 0 Å². The van der Waals surface area contributed by atoms with Gasteiger partial charge in [0.05, 0.1) is 26.5 Å². The number of nitrogens with one attached hydrogen (secondary N) is 1. The van der Waals surface area contributed by atoms with E-state index in [1.807, 2.05) is 0 Å². The summed E-state index contributed by atoms with van der Waals surface area (Å²) in [7, 11) is 0. The molecule has 0 unspecified atom stereocenters. The minimum Gasteiger partial charge on any atom is -0.477 e. The van der Waals surface area contributed by atoms with Gasteiger partial charge in [0, 0.05) is 21.8 Å². The van der Waals surface area contributed by atoms with Gasteiger partial charge in [-0.1, -0.05) is 45.9 Å². The van der Waals surface area contributed by atoms with Crippen LogP contribution in [-0.2, 0) is 0 Å². The van der Waals surface area contributed by atoms with E-state index in [1.165, 1.54) is 35.2 Å². The van der Waals surface area contributed by atoms with Gasteiger partial charge in [-0.05, 0) is 36.4 Å². The predicted molar refractivity (Wildman–Crippen MR) is 137 cm³/mol. The Bertz CT molecular complexity index is 1490. The summed E-state index contributed by atoms with van der Waals surface area (Å²) in [5, 5.41) is 23.2. The first kappa shape index (κ1) is 24.5. The minimum atomic E-state index is -1.57. The predicted octanol–water partition coefficient (Wildman–Crippen LogP) is 5.89. The number of carboxylic acids is 1. The Hall–Kier alpha value is -3.61. The molecule has 0 radical (unpaired) electrons. The van der Waals surface area contributed by atoms with E-state index in [0.29, 0.717) is 21.1 Å². The number of thiazole rings is 1. The number of carboxylic acid groups (broad SMARTS) is 1. The molecule has 4 aromatic rings. The number of halogens is 1. The van der Waals surface area contributed by atoms with Crippen molar-refractivity contribution in [2.45, 2.75) is 4.34 Å². The van der Waals surface area contributed by atoms with Crippen LogP contribution in [0.3, 0.4) is 0 Å². The molecule has 0 aliphatic carbocycles. The topological polar surface area (TPSA) is 140 Å². The SMILES string of the molecule is O=C(CSc1nc2ccc(NC(=O)c3cccc([N+](=O)[O-])c3C(=O)O)cc2s1)c1ccc(Br)cc1. The van der Waals surface area contributed by atoms with Crippen LogP contribution in [0.4, 0.5) is 11.4 Å². The van der Waals surface area contributed by atoms with Crippen LogP contribution in [0, 0.1) is 10.1 Å². The molecule has 3 aromatic carbocycles. The number of hydrogen-bond acceptors (Lipinski definition) is 8. The molecular formula is C23H14BrN3O6S2. The summed E-state index contributed by atoms with van der Waals surface area (Å²) < 4.78 is 2.32. The van der Waals surface area contributed by atoms with Crippen LogP contribution >= 0.6 is 39.0 Å². The number of amides is 1. The fourth-order valence-electron chi connectivity index (χ4n) is 3.19. The molecule has 1 amide bonds. The van der Waals surface area contributed by atoms with Crippen molar-refractivity contribution in [2.24, 2.45) is 0 Å². The Labute approximate surface area is 214 Å². The lowest BCUT2D eigenvalue weighted by Crippen LogP contribution is -2.17. The Kier molecular flexibility index (Phi) is 7.24. The number of fused-ring (bicyclic) bond motifs is 1. The zero-order chi connectivity index (χ0) is 25.1. The molecule has 12 heteroatoms. The van der Waals surface area contributed by atoms with E-state index in [2.05, 4.69) is 26.2 Å². The van der Waals surface area contributed by atoms with E-state index < -0.39 is 28.1 Å². The lowest BCUT2D eigenvalue weighted by molar-refractivity contribution is -0.385. The lowest BCUT2D eigenvalue weighted by Gasteiger charge is -2.08. The molecule has 1 heterocycles. The van der Waals surface area contributed by atoms with Gasteiger partial charge in [-0.25, -0.2) is 9.78 Å². The third-order valence-corrected chi connectivity index (χ3v) is 7.51. The molecule has 0 saturated carbocycles. The number of thioether (sulfide) groups is 1. The van der Waals surface area contributed by atoms with Crippen LogP contribution in [0.5, 0.6) is 0 Å². The van der Waals surface area contributed by atoms with E-state index in [0.717, 1.165) is 15.2 Å². The molecule has 176 valence electrons. The van der Waals surface area contributed by atoms with Crippen LogP contribution in [0.25, 0.3) is 10.2 Å². The summed E-state index contributed by atoms with van der Waals surface area (Å²) in [6.07, 6.45) is 0. The molecule has 0 bridgehead atoms. The zero-order valence-corrected chi connectivity index (χ0v) is 20.8. The van der Waals surface area contributed by atoms with Crippen molar-refractivity contribution in [3.8, 4) is 0 Å². The number of aromatic nitrogens is 1. The Balaban J connectivity index is 1.50. The van der Waals surface area contributed by atoms with Crippen LogP contribution in [0.2, 0.25) is 0 Å². The monoisotopic (exact) mass is 571 g/mol. The fraction of sp³-hybridized carbons (Fsp3) is 0.0435. The second kappa shape index (κ2) is 10.3. The number of nitro groups is 1. The van der Waals surface area contributed by atoms with Crippen molar-refractivity contribution in [3.05, 3.63) is 91.9 Å². The van der Waals surface area contributed by atoms with Crippen molar-refractivity contribution in [1.82, 2.24) is 4.98 Å². The number of nitrogens with zero attached hydrogens (tertiary/aromatic N) is 2. The van der Waals surface area contributed by atoms with Crippen LogP contribution in [0.1, 0.15) is 31.1 Å². The number of nitro benzene ring substituents is 1. The van der Waals surface area contributed by atoms with Gasteiger partial charge in [0.2, 0.25) is 0 Å². The van der Waals surface area contributed by atoms with Gasteiger partial charge in [0.25, 0.3) is 11.6 Å². The number of carbonyl (C=O) groups excluding carboxylic acids is 2. The van der Waals surface area contributed by atoms with Crippen molar-refractivity contribution in [1.29, 1.82) is 0 Å². The van der Waals surface area contributed by atoms with Crippen molar-refractivity contribution >= 4 is 78.3 Å². The highest BCUT2D eigenvalue weighted by atomic mass is 79.9. The molecular weight excluding hydrogens is 558 g/mol. The number of aromatic carboxylic acids is 1. The highest BCUT2D eigenvalue weighted by Crippen LogP contribution is 2.32. The highest BCUT2D eigenvalue weighted by molar-refractivity contribution is 9.10. The van der Waals surface area contributed by atoms with Crippen LogP contribution < -0.4 is 5.32 Å². The number of benzene rings is 3. The number of ketones is 1. The number of anilines is 1. The zero-order valence-electron chi connectivity index (χ0n) is 17.6. The van der Waals surface area contributed by atoms with Crippen molar-refractivity contribution in [2.75, 3.05) is 11.1 Å². The van der Waals surface area contributed by atoms with Gasteiger partial charge in [0.1, 0.15) is 5.56 Å². The summed E-state index contributed by atoms with van der Waals surface area (Å²) >= 11 is 5.99. The largest absolute Gasteiger partial charge is 0.477 e. The summed E-state index contributed by atoms with van der Waals surface area (Å²) in [4.78, 5) is 51.5. The first-order valence-corrected chi connectivity index (χ1v) is 12.5. The Morgan fingerprint density at radius 2 is 1.86 bits per heavy atom. The smallest absolute Gasteiger partial charge is 0.343 e. The first-order chi connectivity index (χ1) is 16.7. The first-order valence-electron chi connectivity index (χ1n) is 9.87. The highest BCUT2D eigenvalue weighted by Gasteiger charge is 2.27. The number of hydrogen-bond donors (Lipinski definition) is 2. The molecule has 0 atom stereocenters. The second-order valence-corrected chi connectivity index (χ2v) is 10.3. The maximum Gasteiger partial charge on any atom is 0.343 e. The summed E-state index contributed by atoms with van der Waals surface area (Å²) in [6, 6.07) is 15.6. The molecule has 35 heavy (non-hydrogen) atoms. The summed E-state index contributed by atoms with van der Waals surface area (Å²) in [5.74, 6) is -2.17. The maximum absolute atomic E-state index is 12.7. The van der Waals surface area contributed by atoms with Crippen LogP contribution in [0.15, 0.2) is 69.5 Å². The quantitative estimate of drug-likeness (QED) is 0.115. The number of Topliss-reactive ketones (excluding diaryl/α,β-unsaturated/α-hetero) is 1. The van der Waals surface area contributed by atoms with E-state index in [-0.39, 0.29) is 17.1 Å². The normalized spacial score (nSPS) is 10.8. The second-order valence-electron chi connectivity index (χ2n) is 7.10. The van der Waals surface area contributed by atoms with E-state index >= 15 is 0 Å². The molecule has 0 fully saturated rings. The summed E-state index contributed by atoms with van der Waals surface area (Å²) in [6.45, 7) is 0. The molecule has 0 aliphatic rings. The summed E-state index contributed by atoms with van der Waals surface area (Å²) in [5.41, 5.74) is -0.0115. The third kappa shape index (κ3) is 5.56. The van der Waals surface area contributed by atoms with Gasteiger partial charge in [-0.15, -0.1) is 11.3 Å². The van der Waals surface area contributed by atoms with Gasteiger partial charge < -0.3 is 10.4 Å². The molecule has 0 saturated heterocycles. The fourth-order valence-corrected chi connectivity index (χ4v) is 5.46. The standard InChI is InChI=1S/C23H14BrN3O6S2/c24-13-6-4-12(5-7-13)18(28)11-34-23-26-16-9-8-14(10-19(16)35-23)25-21(29)15-2-1-3-17(27(32)33)20(15)22(30)31/h1-10H,11H2,(H,25,29)(H,30,31). The Morgan fingerprint density at radius 1 is 1.11 bits per heavy atom. The van der Waals surface area contributed by atoms with E-state index in [1.54, 1.807) is 42.5 Å². The number of rotatable bonds is 8. The van der Waals surface area contributed by atoms with Gasteiger partial charge in [-0.2, -0.15) is 0 Å². The van der Waals surface area contributed by atoms with Gasteiger partial charge in [0.15, 0.2) is 10.1 Å². The third-order valence-electron chi connectivity index (χ3n) is 4.82. The Morgan fingerprint density at radius 3 is 2.54 bits per heavy atom. The van der Waals surface area contributed by atoms with Crippen molar-refractivity contribution < 1.29 is 24.4 Å². The number of carbonyl (C=O) groups is 3. The molecule has 4 rings (SSSR count). The molecule has 1 aromatic heterocycles. The van der Waals surface area contributed by atoms with E-state index in [4.69, 9.17) is 0 Å². The molecule has 0 aliphatic heterocycles. The average Bonchev–Trinajstić information content (AvgIpc) is 3.24. The van der Waals surface area contributed by atoms with Crippen LogP contribution in [-0.4, -0.2) is 38.4 Å². The van der Waals surface area contributed by atoms with Gasteiger partial charge >= 0.3 is 5.97 Å². The molecule has 0 spiro atoms.